The van der Waals surface area contributed by atoms with E-state index in [2.05, 4.69) is 5.32 Å². The van der Waals surface area contributed by atoms with Crippen molar-refractivity contribution in [3.8, 4) is 5.75 Å². The average molecular weight is 265 g/mol. The minimum Gasteiger partial charge on any atom is -0.484 e. The van der Waals surface area contributed by atoms with Crippen molar-refractivity contribution in [2.75, 3.05) is 6.61 Å². The van der Waals surface area contributed by atoms with E-state index in [0.717, 1.165) is 12.8 Å². The van der Waals surface area contributed by atoms with Crippen molar-refractivity contribution < 1.29 is 13.9 Å². The second-order valence-corrected chi connectivity index (χ2v) is 5.10. The molecule has 0 bridgehead atoms. The van der Waals surface area contributed by atoms with E-state index < -0.39 is 0 Å². The summed E-state index contributed by atoms with van der Waals surface area (Å²) in [5, 5.41) is 2.98. The zero-order valence-electron chi connectivity index (χ0n) is 11.2. The first-order valence-corrected chi connectivity index (χ1v) is 6.83. The maximum Gasteiger partial charge on any atom is 0.258 e. The van der Waals surface area contributed by atoms with Gasteiger partial charge in [-0.1, -0.05) is 19.3 Å². The van der Waals surface area contributed by atoms with Crippen molar-refractivity contribution in [1.82, 2.24) is 5.32 Å². The number of benzene rings is 1. The maximum atomic E-state index is 12.9. The van der Waals surface area contributed by atoms with Gasteiger partial charge in [-0.15, -0.1) is 0 Å². The molecule has 1 fully saturated rings. The minimum absolute atomic E-state index is 0.0109. The summed E-state index contributed by atoms with van der Waals surface area (Å²) < 4.78 is 18.3. The van der Waals surface area contributed by atoms with Gasteiger partial charge in [0, 0.05) is 6.04 Å². The molecule has 1 aliphatic carbocycles. The van der Waals surface area contributed by atoms with E-state index in [1.165, 1.54) is 31.4 Å². The number of halogens is 1. The number of carbonyl (C=O) groups is 1. The predicted molar refractivity (Wildman–Crippen MR) is 71.6 cm³/mol. The monoisotopic (exact) mass is 265 g/mol. The van der Waals surface area contributed by atoms with Gasteiger partial charge in [-0.3, -0.25) is 4.79 Å². The SMILES string of the molecule is Cc1cc(F)ccc1OCC(=O)NC1CCCCC1. The molecule has 1 N–H and O–H groups in total. The first kappa shape index (κ1) is 13.8. The molecule has 1 saturated carbocycles. The molecular weight excluding hydrogens is 245 g/mol. The highest BCUT2D eigenvalue weighted by Crippen LogP contribution is 2.19. The number of hydrogen-bond acceptors (Lipinski definition) is 2. The summed E-state index contributed by atoms with van der Waals surface area (Å²) in [7, 11) is 0. The van der Waals surface area contributed by atoms with Crippen LogP contribution in [0.2, 0.25) is 0 Å². The normalized spacial score (nSPS) is 16.1. The summed E-state index contributed by atoms with van der Waals surface area (Å²) in [5.74, 6) is 0.160. The highest BCUT2D eigenvalue weighted by Gasteiger charge is 2.15. The van der Waals surface area contributed by atoms with Crippen molar-refractivity contribution in [3.05, 3.63) is 29.6 Å². The molecule has 0 heterocycles. The van der Waals surface area contributed by atoms with E-state index in [9.17, 15) is 9.18 Å². The van der Waals surface area contributed by atoms with Gasteiger partial charge in [0.1, 0.15) is 11.6 Å². The molecule has 104 valence electrons. The van der Waals surface area contributed by atoms with Gasteiger partial charge in [-0.25, -0.2) is 4.39 Å². The Morgan fingerprint density at radius 1 is 1.37 bits per heavy atom. The smallest absolute Gasteiger partial charge is 0.258 e. The van der Waals surface area contributed by atoms with Gasteiger partial charge in [0.2, 0.25) is 0 Å². The number of ether oxygens (including phenoxy) is 1. The summed E-state index contributed by atoms with van der Waals surface area (Å²) in [4.78, 5) is 11.8. The summed E-state index contributed by atoms with van der Waals surface area (Å²) in [6, 6.07) is 4.58. The van der Waals surface area contributed by atoms with Gasteiger partial charge >= 0.3 is 0 Å². The van der Waals surface area contributed by atoms with Gasteiger partial charge in [-0.05, 0) is 43.5 Å². The number of aryl methyl sites for hydroxylation is 1. The third-order valence-electron chi connectivity index (χ3n) is 3.47. The molecule has 1 aromatic rings. The number of hydrogen-bond donors (Lipinski definition) is 1. The topological polar surface area (TPSA) is 38.3 Å². The second kappa shape index (κ2) is 6.55. The largest absolute Gasteiger partial charge is 0.484 e. The van der Waals surface area contributed by atoms with Crippen LogP contribution in [0.15, 0.2) is 18.2 Å². The Hall–Kier alpha value is -1.58. The van der Waals surface area contributed by atoms with Gasteiger partial charge in [0.15, 0.2) is 6.61 Å². The number of carbonyl (C=O) groups excluding carboxylic acids is 1. The van der Waals surface area contributed by atoms with Crippen molar-refractivity contribution in [2.45, 2.75) is 45.1 Å². The Balaban J connectivity index is 1.79. The van der Waals surface area contributed by atoms with E-state index in [1.807, 2.05) is 0 Å². The Morgan fingerprint density at radius 2 is 2.11 bits per heavy atom. The molecule has 0 unspecified atom stereocenters. The second-order valence-electron chi connectivity index (χ2n) is 5.10. The molecule has 19 heavy (non-hydrogen) atoms. The van der Waals surface area contributed by atoms with Crippen LogP contribution in [0, 0.1) is 12.7 Å². The third-order valence-corrected chi connectivity index (χ3v) is 3.47. The molecule has 0 radical (unpaired) electrons. The lowest BCUT2D eigenvalue weighted by Crippen LogP contribution is -2.39. The van der Waals surface area contributed by atoms with Crippen molar-refractivity contribution in [3.63, 3.8) is 0 Å². The molecule has 1 aromatic carbocycles. The zero-order valence-corrected chi connectivity index (χ0v) is 11.2. The average Bonchev–Trinajstić information content (AvgIpc) is 2.39. The quantitative estimate of drug-likeness (QED) is 0.909. The van der Waals surface area contributed by atoms with Crippen molar-refractivity contribution >= 4 is 5.91 Å². The first-order chi connectivity index (χ1) is 9.15. The number of nitrogens with one attached hydrogen (secondary N) is 1. The molecule has 0 spiro atoms. The fourth-order valence-corrected chi connectivity index (χ4v) is 2.43. The number of amides is 1. The fraction of sp³-hybridized carbons (Fsp3) is 0.533. The zero-order chi connectivity index (χ0) is 13.7. The van der Waals surface area contributed by atoms with Gasteiger partial charge in [-0.2, -0.15) is 0 Å². The summed E-state index contributed by atoms with van der Waals surface area (Å²) in [6.07, 6.45) is 5.74. The van der Waals surface area contributed by atoms with E-state index in [0.29, 0.717) is 17.4 Å². The molecule has 2 rings (SSSR count). The van der Waals surface area contributed by atoms with Crippen LogP contribution in [-0.4, -0.2) is 18.6 Å². The van der Waals surface area contributed by atoms with Gasteiger partial charge < -0.3 is 10.1 Å². The van der Waals surface area contributed by atoms with Crippen LogP contribution in [0.3, 0.4) is 0 Å². The first-order valence-electron chi connectivity index (χ1n) is 6.83. The van der Waals surface area contributed by atoms with E-state index in [4.69, 9.17) is 4.74 Å². The molecule has 0 atom stereocenters. The molecule has 4 heteroatoms. The summed E-state index contributed by atoms with van der Waals surface area (Å²) in [6.45, 7) is 1.75. The van der Waals surface area contributed by atoms with Crippen LogP contribution in [0.1, 0.15) is 37.7 Å². The number of rotatable bonds is 4. The lowest BCUT2D eigenvalue weighted by Gasteiger charge is -2.22. The van der Waals surface area contributed by atoms with E-state index in [1.54, 1.807) is 13.0 Å². The lowest BCUT2D eigenvalue weighted by atomic mass is 9.95. The third kappa shape index (κ3) is 4.23. The Bertz CT molecular complexity index is 442. The Kier molecular flexibility index (Phi) is 4.77. The Labute approximate surface area is 113 Å². The van der Waals surface area contributed by atoms with Crippen LogP contribution in [0.5, 0.6) is 5.75 Å². The highest BCUT2D eigenvalue weighted by atomic mass is 19.1. The van der Waals surface area contributed by atoms with Gasteiger partial charge in [0.05, 0.1) is 0 Å². The molecule has 1 aliphatic rings. The van der Waals surface area contributed by atoms with Crippen LogP contribution >= 0.6 is 0 Å². The predicted octanol–water partition coefficient (Wildman–Crippen LogP) is 2.96. The molecule has 0 saturated heterocycles. The highest BCUT2D eigenvalue weighted by molar-refractivity contribution is 5.77. The van der Waals surface area contributed by atoms with Crippen LogP contribution < -0.4 is 10.1 Å². The van der Waals surface area contributed by atoms with Gasteiger partial charge in [0.25, 0.3) is 5.91 Å². The molecule has 0 aliphatic heterocycles. The molecule has 3 nitrogen and oxygen atoms in total. The summed E-state index contributed by atoms with van der Waals surface area (Å²) in [5.41, 5.74) is 0.700. The van der Waals surface area contributed by atoms with Crippen LogP contribution in [-0.2, 0) is 4.79 Å². The van der Waals surface area contributed by atoms with E-state index >= 15 is 0 Å². The van der Waals surface area contributed by atoms with E-state index in [-0.39, 0.29) is 18.3 Å². The minimum atomic E-state index is -0.295. The standard InChI is InChI=1S/C15H20FNO2/c1-11-9-12(16)7-8-14(11)19-10-15(18)17-13-5-3-2-4-6-13/h7-9,13H,2-6,10H2,1H3,(H,17,18). The molecular formula is C15H20FNO2. The Morgan fingerprint density at radius 3 is 2.79 bits per heavy atom. The van der Waals surface area contributed by atoms with Crippen LogP contribution in [0.25, 0.3) is 0 Å². The molecule has 1 amide bonds. The van der Waals surface area contributed by atoms with Crippen LogP contribution in [0.4, 0.5) is 4.39 Å². The van der Waals surface area contributed by atoms with Crippen molar-refractivity contribution in [2.24, 2.45) is 0 Å². The lowest BCUT2D eigenvalue weighted by molar-refractivity contribution is -0.124. The summed E-state index contributed by atoms with van der Waals surface area (Å²) >= 11 is 0. The molecule has 0 aromatic heterocycles. The fourth-order valence-electron chi connectivity index (χ4n) is 2.43. The maximum absolute atomic E-state index is 12.9. The van der Waals surface area contributed by atoms with Crippen molar-refractivity contribution in [1.29, 1.82) is 0 Å².